The van der Waals surface area contributed by atoms with E-state index in [0.717, 1.165) is 39.1 Å². The van der Waals surface area contributed by atoms with Crippen LogP contribution >= 0.6 is 0 Å². The van der Waals surface area contributed by atoms with E-state index >= 15 is 0 Å². The zero-order valence-electron chi connectivity index (χ0n) is 14.7. The summed E-state index contributed by atoms with van der Waals surface area (Å²) in [5, 5.41) is 6.07. The van der Waals surface area contributed by atoms with Gasteiger partial charge in [0, 0.05) is 32.3 Å². The van der Waals surface area contributed by atoms with Gasteiger partial charge in [0.05, 0.1) is 12.1 Å². The molecule has 4 atom stereocenters. The molecule has 2 fully saturated rings. The predicted octanol–water partition coefficient (Wildman–Crippen LogP) is 2.37. The minimum atomic E-state index is -0.0634. The van der Waals surface area contributed by atoms with Gasteiger partial charge < -0.3 is 15.4 Å². The summed E-state index contributed by atoms with van der Waals surface area (Å²) < 4.78 is 5.48. The van der Waals surface area contributed by atoms with Crippen LogP contribution in [0.5, 0.6) is 0 Å². The zero-order chi connectivity index (χ0) is 16.9. The van der Waals surface area contributed by atoms with Crippen molar-refractivity contribution in [2.45, 2.75) is 51.4 Å². The summed E-state index contributed by atoms with van der Waals surface area (Å²) in [6.45, 7) is 7.80. The Balaban J connectivity index is 1.41. The lowest BCUT2D eigenvalue weighted by Crippen LogP contribution is -2.46. The van der Waals surface area contributed by atoms with E-state index in [0.29, 0.717) is 12.0 Å². The molecule has 2 aliphatic rings. The first-order valence-electron chi connectivity index (χ1n) is 9.05. The molecule has 5 nitrogen and oxygen atoms in total. The summed E-state index contributed by atoms with van der Waals surface area (Å²) in [5.41, 5.74) is 1.35. The first kappa shape index (κ1) is 17.2. The second-order valence-electron chi connectivity index (χ2n) is 7.19. The number of hydrogen-bond acceptors (Lipinski definition) is 3. The topological polar surface area (TPSA) is 53.6 Å². The SMILES string of the molecule is C[C@@H]1OCC[C@@H]1NC(=O)NC[C@@H]1C[C@@H](C)N(Cc2ccccc2)C1. The molecule has 2 aliphatic heterocycles. The molecule has 2 amide bonds. The Morgan fingerprint density at radius 3 is 2.79 bits per heavy atom. The van der Waals surface area contributed by atoms with Crippen LogP contribution in [0.4, 0.5) is 4.79 Å². The number of carbonyl (C=O) groups excluding carboxylic acids is 1. The maximum atomic E-state index is 12.1. The third-order valence-electron chi connectivity index (χ3n) is 5.26. The van der Waals surface area contributed by atoms with E-state index in [2.05, 4.69) is 52.8 Å². The highest BCUT2D eigenvalue weighted by atomic mass is 16.5. The van der Waals surface area contributed by atoms with Gasteiger partial charge in [-0.05, 0) is 38.2 Å². The lowest BCUT2D eigenvalue weighted by Gasteiger charge is -2.21. The van der Waals surface area contributed by atoms with Crippen molar-refractivity contribution in [3.63, 3.8) is 0 Å². The number of hydrogen-bond donors (Lipinski definition) is 2. The van der Waals surface area contributed by atoms with Gasteiger partial charge in [-0.15, -0.1) is 0 Å². The monoisotopic (exact) mass is 331 g/mol. The number of nitrogens with zero attached hydrogens (tertiary/aromatic N) is 1. The van der Waals surface area contributed by atoms with E-state index in [1.54, 1.807) is 0 Å². The summed E-state index contributed by atoms with van der Waals surface area (Å²) in [7, 11) is 0. The van der Waals surface area contributed by atoms with Crippen molar-refractivity contribution in [2.75, 3.05) is 19.7 Å². The predicted molar refractivity (Wildman–Crippen MR) is 94.8 cm³/mol. The van der Waals surface area contributed by atoms with Gasteiger partial charge in [0.1, 0.15) is 0 Å². The van der Waals surface area contributed by atoms with Crippen LogP contribution in [0, 0.1) is 5.92 Å². The minimum Gasteiger partial charge on any atom is -0.376 e. The Morgan fingerprint density at radius 1 is 1.29 bits per heavy atom. The second kappa shape index (κ2) is 7.99. The van der Waals surface area contributed by atoms with Crippen molar-refractivity contribution >= 4 is 6.03 Å². The molecule has 0 aromatic heterocycles. The van der Waals surface area contributed by atoms with Crippen LogP contribution < -0.4 is 10.6 Å². The third-order valence-corrected chi connectivity index (χ3v) is 5.26. The molecule has 132 valence electrons. The van der Waals surface area contributed by atoms with Crippen LogP contribution in [0.25, 0.3) is 0 Å². The largest absolute Gasteiger partial charge is 0.376 e. The number of amides is 2. The Hall–Kier alpha value is -1.59. The Bertz CT molecular complexity index is 537. The zero-order valence-corrected chi connectivity index (χ0v) is 14.7. The highest BCUT2D eigenvalue weighted by Gasteiger charge is 2.30. The van der Waals surface area contributed by atoms with E-state index in [1.165, 1.54) is 5.56 Å². The quantitative estimate of drug-likeness (QED) is 0.871. The molecule has 24 heavy (non-hydrogen) atoms. The number of urea groups is 1. The van der Waals surface area contributed by atoms with Gasteiger partial charge in [-0.2, -0.15) is 0 Å². The van der Waals surface area contributed by atoms with Gasteiger partial charge in [-0.25, -0.2) is 4.79 Å². The van der Waals surface area contributed by atoms with E-state index in [1.807, 2.05) is 6.92 Å². The first-order valence-corrected chi connectivity index (χ1v) is 9.05. The lowest BCUT2D eigenvalue weighted by molar-refractivity contribution is 0.114. The molecule has 0 aliphatic carbocycles. The van der Waals surface area contributed by atoms with Crippen LogP contribution in [-0.4, -0.2) is 48.8 Å². The van der Waals surface area contributed by atoms with Crippen molar-refractivity contribution in [1.29, 1.82) is 0 Å². The lowest BCUT2D eigenvalue weighted by atomic mass is 10.1. The second-order valence-corrected chi connectivity index (χ2v) is 7.19. The molecule has 3 rings (SSSR count). The van der Waals surface area contributed by atoms with Crippen molar-refractivity contribution < 1.29 is 9.53 Å². The van der Waals surface area contributed by atoms with Gasteiger partial charge >= 0.3 is 6.03 Å². The van der Waals surface area contributed by atoms with Crippen molar-refractivity contribution in [3.8, 4) is 0 Å². The van der Waals surface area contributed by atoms with Gasteiger partial charge in [0.2, 0.25) is 0 Å². The summed E-state index contributed by atoms with van der Waals surface area (Å²) in [5.74, 6) is 0.520. The smallest absolute Gasteiger partial charge is 0.315 e. The fraction of sp³-hybridized carbons (Fsp3) is 0.632. The molecule has 0 radical (unpaired) electrons. The van der Waals surface area contributed by atoms with Gasteiger partial charge in [0.25, 0.3) is 0 Å². The summed E-state index contributed by atoms with van der Waals surface area (Å²) in [4.78, 5) is 14.6. The van der Waals surface area contributed by atoms with Gasteiger partial charge in [-0.1, -0.05) is 30.3 Å². The normalized spacial score (nSPS) is 30.4. The Morgan fingerprint density at radius 2 is 2.08 bits per heavy atom. The van der Waals surface area contributed by atoms with Crippen LogP contribution in [-0.2, 0) is 11.3 Å². The first-order chi connectivity index (χ1) is 11.6. The van der Waals surface area contributed by atoms with Gasteiger partial charge in [0.15, 0.2) is 0 Å². The highest BCUT2D eigenvalue weighted by Crippen LogP contribution is 2.24. The molecular weight excluding hydrogens is 302 g/mol. The molecular formula is C19H29N3O2. The Kier molecular flexibility index (Phi) is 5.74. The fourth-order valence-corrected chi connectivity index (χ4v) is 3.78. The van der Waals surface area contributed by atoms with Crippen molar-refractivity contribution in [2.24, 2.45) is 5.92 Å². The number of ether oxygens (including phenoxy) is 1. The van der Waals surface area contributed by atoms with Crippen LogP contribution in [0.2, 0.25) is 0 Å². The summed E-state index contributed by atoms with van der Waals surface area (Å²) in [6, 6.07) is 11.2. The number of benzene rings is 1. The van der Waals surface area contributed by atoms with Crippen LogP contribution in [0.3, 0.4) is 0 Å². The molecule has 0 saturated carbocycles. The summed E-state index contributed by atoms with van der Waals surface area (Å²) >= 11 is 0. The highest BCUT2D eigenvalue weighted by molar-refractivity contribution is 5.74. The van der Waals surface area contributed by atoms with Crippen LogP contribution in [0.15, 0.2) is 30.3 Å². The van der Waals surface area contributed by atoms with Crippen molar-refractivity contribution in [1.82, 2.24) is 15.5 Å². The fourth-order valence-electron chi connectivity index (χ4n) is 3.78. The molecule has 2 heterocycles. The van der Waals surface area contributed by atoms with Crippen LogP contribution in [0.1, 0.15) is 32.3 Å². The molecule has 1 aromatic rings. The number of rotatable bonds is 5. The van der Waals surface area contributed by atoms with E-state index < -0.39 is 0 Å². The van der Waals surface area contributed by atoms with Gasteiger partial charge in [-0.3, -0.25) is 4.90 Å². The summed E-state index contributed by atoms with van der Waals surface area (Å²) in [6.07, 6.45) is 2.15. The van der Waals surface area contributed by atoms with E-state index in [4.69, 9.17) is 4.74 Å². The molecule has 0 spiro atoms. The molecule has 1 aromatic carbocycles. The molecule has 2 N–H and O–H groups in total. The molecule has 0 bridgehead atoms. The minimum absolute atomic E-state index is 0.0634. The number of carbonyl (C=O) groups is 1. The maximum absolute atomic E-state index is 12.1. The maximum Gasteiger partial charge on any atom is 0.315 e. The molecule has 2 saturated heterocycles. The number of nitrogens with one attached hydrogen (secondary N) is 2. The van der Waals surface area contributed by atoms with Crippen molar-refractivity contribution in [3.05, 3.63) is 35.9 Å². The molecule has 5 heteroatoms. The van der Waals surface area contributed by atoms with E-state index in [-0.39, 0.29) is 18.2 Å². The Labute approximate surface area is 144 Å². The molecule has 0 unspecified atom stereocenters. The van der Waals surface area contributed by atoms with E-state index in [9.17, 15) is 4.79 Å². The standard InChI is InChI=1S/C19H29N3O2/c1-14-10-17(13-22(14)12-16-6-4-3-5-7-16)11-20-19(23)21-18-8-9-24-15(18)2/h3-7,14-15,17-18H,8-13H2,1-2H3,(H2,20,21,23)/t14-,15+,17+,18+/m1/s1. The average molecular weight is 331 g/mol. The third kappa shape index (κ3) is 4.48. The average Bonchev–Trinajstić information content (AvgIpc) is 3.13. The number of likely N-dealkylation sites (tertiary alicyclic amines) is 1.